The fraction of sp³-hybridized carbons (Fsp3) is 0.250. The molecule has 0 aromatic heterocycles. The van der Waals surface area contributed by atoms with E-state index in [0.717, 1.165) is 11.1 Å². The molecular weight excluding hydrogens is 322 g/mol. The van der Waals surface area contributed by atoms with Gasteiger partial charge in [0, 0.05) is 11.6 Å². The van der Waals surface area contributed by atoms with E-state index in [9.17, 15) is 8.42 Å². The second-order valence-corrected chi connectivity index (χ2v) is 6.92. The fourth-order valence-electron chi connectivity index (χ4n) is 2.10. The van der Waals surface area contributed by atoms with Gasteiger partial charge in [-0.3, -0.25) is 0 Å². The summed E-state index contributed by atoms with van der Waals surface area (Å²) in [4.78, 5) is 0.220. The summed E-state index contributed by atoms with van der Waals surface area (Å²) in [7, 11) is -2.03. The topological polar surface area (TPSA) is 55.4 Å². The predicted octanol–water partition coefficient (Wildman–Crippen LogP) is 3.39. The molecule has 0 heterocycles. The summed E-state index contributed by atoms with van der Waals surface area (Å²) in [5, 5.41) is 0.536. The first kappa shape index (κ1) is 16.8. The highest BCUT2D eigenvalue weighted by molar-refractivity contribution is 7.89. The zero-order valence-corrected chi connectivity index (χ0v) is 14.0. The summed E-state index contributed by atoms with van der Waals surface area (Å²) in [5.41, 5.74) is 1.58. The van der Waals surface area contributed by atoms with Crippen LogP contribution in [0.4, 0.5) is 0 Å². The molecule has 6 heteroatoms. The molecule has 0 saturated carbocycles. The molecule has 0 aliphatic carbocycles. The van der Waals surface area contributed by atoms with Crippen LogP contribution in [0.1, 0.15) is 18.1 Å². The average molecular weight is 340 g/mol. The van der Waals surface area contributed by atoms with Gasteiger partial charge in [0.05, 0.1) is 12.0 Å². The van der Waals surface area contributed by atoms with Crippen LogP contribution >= 0.6 is 11.6 Å². The third-order valence-electron chi connectivity index (χ3n) is 3.35. The van der Waals surface area contributed by atoms with Crippen molar-refractivity contribution in [2.75, 3.05) is 7.11 Å². The fourth-order valence-corrected chi connectivity index (χ4v) is 3.36. The third-order valence-corrected chi connectivity index (χ3v) is 5.12. The third kappa shape index (κ3) is 3.80. The van der Waals surface area contributed by atoms with Crippen LogP contribution in [0.25, 0.3) is 0 Å². The van der Waals surface area contributed by atoms with Crippen LogP contribution in [0.3, 0.4) is 0 Å². The Morgan fingerprint density at radius 2 is 1.86 bits per heavy atom. The lowest BCUT2D eigenvalue weighted by Gasteiger charge is -2.11. The highest BCUT2D eigenvalue weighted by Gasteiger charge is 2.16. The number of benzene rings is 2. The van der Waals surface area contributed by atoms with Gasteiger partial charge in [0.1, 0.15) is 5.75 Å². The minimum absolute atomic E-state index is 0.148. The number of nitrogens with one attached hydrogen (secondary N) is 1. The van der Waals surface area contributed by atoms with Gasteiger partial charge in [-0.05, 0) is 41.8 Å². The highest BCUT2D eigenvalue weighted by atomic mass is 35.5. The van der Waals surface area contributed by atoms with Crippen LogP contribution in [-0.2, 0) is 23.0 Å². The average Bonchev–Trinajstić information content (AvgIpc) is 2.53. The number of hydrogen-bond donors (Lipinski definition) is 1. The van der Waals surface area contributed by atoms with Crippen molar-refractivity contribution in [3.63, 3.8) is 0 Å². The van der Waals surface area contributed by atoms with E-state index in [0.29, 0.717) is 17.2 Å². The molecule has 118 valence electrons. The van der Waals surface area contributed by atoms with Crippen molar-refractivity contribution in [2.45, 2.75) is 24.8 Å². The Hall–Kier alpha value is -1.56. The van der Waals surface area contributed by atoms with Crippen LogP contribution in [0.2, 0.25) is 5.02 Å². The lowest BCUT2D eigenvalue weighted by Crippen LogP contribution is -2.23. The summed E-state index contributed by atoms with van der Waals surface area (Å²) < 4.78 is 32.6. The molecule has 0 fully saturated rings. The van der Waals surface area contributed by atoms with Gasteiger partial charge in [0.25, 0.3) is 0 Å². The second-order valence-electron chi connectivity index (χ2n) is 4.74. The van der Waals surface area contributed by atoms with Crippen LogP contribution in [0, 0.1) is 0 Å². The van der Waals surface area contributed by atoms with Gasteiger partial charge < -0.3 is 4.74 Å². The molecule has 2 aromatic carbocycles. The van der Waals surface area contributed by atoms with Crippen LogP contribution < -0.4 is 9.46 Å². The number of hydrogen-bond acceptors (Lipinski definition) is 3. The van der Waals surface area contributed by atoms with E-state index in [1.807, 2.05) is 13.0 Å². The summed E-state index contributed by atoms with van der Waals surface area (Å²) in [6, 6.07) is 12.0. The number of sulfonamides is 1. The van der Waals surface area contributed by atoms with Crippen molar-refractivity contribution in [3.8, 4) is 5.75 Å². The molecule has 0 amide bonds. The van der Waals surface area contributed by atoms with E-state index in [4.69, 9.17) is 16.3 Å². The second kappa shape index (κ2) is 7.13. The number of halogens is 1. The van der Waals surface area contributed by atoms with Gasteiger partial charge in [-0.2, -0.15) is 0 Å². The lowest BCUT2D eigenvalue weighted by molar-refractivity contribution is 0.409. The number of ether oxygens (including phenoxy) is 1. The Kier molecular flexibility index (Phi) is 5.45. The van der Waals surface area contributed by atoms with Crippen LogP contribution in [0.15, 0.2) is 47.4 Å². The van der Waals surface area contributed by atoms with Crippen LogP contribution in [0.5, 0.6) is 5.75 Å². The monoisotopic (exact) mass is 339 g/mol. The maximum Gasteiger partial charge on any atom is 0.240 e. The molecule has 0 bridgehead atoms. The number of methoxy groups -OCH3 is 1. The van der Waals surface area contributed by atoms with Crippen molar-refractivity contribution >= 4 is 21.6 Å². The highest BCUT2D eigenvalue weighted by Crippen LogP contribution is 2.23. The van der Waals surface area contributed by atoms with Gasteiger partial charge >= 0.3 is 0 Å². The van der Waals surface area contributed by atoms with E-state index in [1.54, 1.807) is 37.4 Å². The van der Waals surface area contributed by atoms with E-state index >= 15 is 0 Å². The van der Waals surface area contributed by atoms with E-state index in [-0.39, 0.29) is 11.4 Å². The maximum absolute atomic E-state index is 12.4. The van der Waals surface area contributed by atoms with Gasteiger partial charge in [-0.1, -0.05) is 36.7 Å². The molecule has 1 N–H and O–H groups in total. The zero-order valence-electron chi connectivity index (χ0n) is 12.5. The van der Waals surface area contributed by atoms with Crippen molar-refractivity contribution in [1.82, 2.24) is 4.72 Å². The SMILES string of the molecule is CCc1cc(S(=O)(=O)NCc2ccccc2Cl)ccc1OC. The van der Waals surface area contributed by atoms with Crippen molar-refractivity contribution in [3.05, 3.63) is 58.6 Å². The molecular formula is C16H18ClNO3S. The Morgan fingerprint density at radius 3 is 2.50 bits per heavy atom. The summed E-state index contributed by atoms with van der Waals surface area (Å²) in [5.74, 6) is 0.688. The van der Waals surface area contributed by atoms with Crippen molar-refractivity contribution < 1.29 is 13.2 Å². The Balaban J connectivity index is 2.22. The summed E-state index contributed by atoms with van der Waals surface area (Å²) >= 11 is 6.04. The normalized spacial score (nSPS) is 11.4. The van der Waals surface area contributed by atoms with Gasteiger partial charge in [-0.15, -0.1) is 0 Å². The van der Waals surface area contributed by atoms with Crippen molar-refractivity contribution in [1.29, 1.82) is 0 Å². The quantitative estimate of drug-likeness (QED) is 0.877. The zero-order chi connectivity index (χ0) is 16.2. The van der Waals surface area contributed by atoms with E-state index < -0.39 is 10.0 Å². The van der Waals surface area contributed by atoms with Gasteiger partial charge in [-0.25, -0.2) is 13.1 Å². The Morgan fingerprint density at radius 1 is 1.14 bits per heavy atom. The molecule has 0 radical (unpaired) electrons. The molecule has 0 saturated heterocycles. The number of rotatable bonds is 6. The first-order chi connectivity index (χ1) is 10.5. The molecule has 0 aliphatic rings. The molecule has 2 aromatic rings. The molecule has 22 heavy (non-hydrogen) atoms. The molecule has 2 rings (SSSR count). The minimum Gasteiger partial charge on any atom is -0.496 e. The minimum atomic E-state index is -3.60. The lowest BCUT2D eigenvalue weighted by atomic mass is 10.1. The number of aryl methyl sites for hydroxylation is 1. The molecule has 4 nitrogen and oxygen atoms in total. The molecule has 0 atom stereocenters. The maximum atomic E-state index is 12.4. The Labute approximate surface area is 136 Å². The summed E-state index contributed by atoms with van der Waals surface area (Å²) in [6.07, 6.45) is 0.692. The molecule has 0 aliphatic heterocycles. The Bertz CT molecular complexity index is 760. The van der Waals surface area contributed by atoms with Gasteiger partial charge in [0.15, 0.2) is 0 Å². The van der Waals surface area contributed by atoms with Crippen molar-refractivity contribution in [2.24, 2.45) is 0 Å². The first-order valence-corrected chi connectivity index (χ1v) is 8.74. The molecule has 0 unspecified atom stereocenters. The largest absolute Gasteiger partial charge is 0.496 e. The van der Waals surface area contributed by atoms with E-state index in [1.165, 1.54) is 6.07 Å². The van der Waals surface area contributed by atoms with E-state index in [2.05, 4.69) is 4.72 Å². The van der Waals surface area contributed by atoms with Gasteiger partial charge in [0.2, 0.25) is 10.0 Å². The van der Waals surface area contributed by atoms with Crippen LogP contribution in [-0.4, -0.2) is 15.5 Å². The molecule has 0 spiro atoms. The predicted molar refractivity (Wildman–Crippen MR) is 87.8 cm³/mol. The first-order valence-electron chi connectivity index (χ1n) is 6.88. The summed E-state index contributed by atoms with van der Waals surface area (Å²) in [6.45, 7) is 2.10. The smallest absolute Gasteiger partial charge is 0.240 e. The standard InChI is InChI=1S/C16H18ClNO3S/c1-3-12-10-14(8-9-16(12)21-2)22(19,20)18-11-13-6-4-5-7-15(13)17/h4-10,18H,3,11H2,1-2H3.